The third kappa shape index (κ3) is 3.49. The maximum Gasteiger partial charge on any atom is 0.155 e. The number of Topliss-reactive ketones (excluding diaryl/α,β-unsaturated/α-hetero) is 1. The van der Waals surface area contributed by atoms with E-state index in [2.05, 4.69) is 14.9 Å². The molecule has 27 heavy (non-hydrogen) atoms. The standard InChI is InChI=1S/C21H25N5O/c1-14(26-8-4-5-9-26)21(27)11-17-10-19-16(12-23-17)6-7-18(24-19)20-13-22-15(2)25(20)3/h6-7,10,12-14H,4-5,8-9,11H2,1-3H3. The fourth-order valence-electron chi connectivity index (χ4n) is 3.70. The maximum atomic E-state index is 12.7. The summed E-state index contributed by atoms with van der Waals surface area (Å²) in [6, 6.07) is 5.91. The Bertz CT molecular complexity index is 987. The van der Waals surface area contributed by atoms with Crippen molar-refractivity contribution in [2.45, 2.75) is 39.2 Å². The first-order valence-corrected chi connectivity index (χ1v) is 9.54. The van der Waals surface area contributed by atoms with Gasteiger partial charge >= 0.3 is 0 Å². The summed E-state index contributed by atoms with van der Waals surface area (Å²) in [5.41, 5.74) is 3.49. The monoisotopic (exact) mass is 363 g/mol. The van der Waals surface area contributed by atoms with Gasteiger partial charge in [-0.3, -0.25) is 14.7 Å². The normalized spacial score (nSPS) is 16.1. The summed E-state index contributed by atoms with van der Waals surface area (Å²) >= 11 is 0. The van der Waals surface area contributed by atoms with Crippen molar-refractivity contribution in [1.29, 1.82) is 0 Å². The van der Waals surface area contributed by atoms with Gasteiger partial charge in [0.15, 0.2) is 5.78 Å². The number of hydrogen-bond acceptors (Lipinski definition) is 5. The summed E-state index contributed by atoms with van der Waals surface area (Å²) in [6.45, 7) is 6.02. The third-order valence-corrected chi connectivity index (χ3v) is 5.62. The van der Waals surface area contributed by atoms with Crippen LogP contribution in [0.1, 0.15) is 31.3 Å². The van der Waals surface area contributed by atoms with Crippen molar-refractivity contribution in [3.63, 3.8) is 0 Å². The van der Waals surface area contributed by atoms with E-state index in [4.69, 9.17) is 4.98 Å². The van der Waals surface area contributed by atoms with Crippen LogP contribution in [0.5, 0.6) is 0 Å². The molecule has 0 spiro atoms. The number of likely N-dealkylation sites (tertiary alicyclic amines) is 1. The average Bonchev–Trinajstić information content (AvgIpc) is 3.31. The Hall–Kier alpha value is -2.60. The molecule has 0 aliphatic carbocycles. The van der Waals surface area contributed by atoms with Gasteiger partial charge in [-0.15, -0.1) is 0 Å². The highest BCUT2D eigenvalue weighted by atomic mass is 16.1. The summed E-state index contributed by atoms with van der Waals surface area (Å²) in [6.07, 6.45) is 6.37. The Kier molecular flexibility index (Phi) is 4.74. The molecule has 140 valence electrons. The van der Waals surface area contributed by atoms with Crippen molar-refractivity contribution in [3.05, 3.63) is 42.1 Å². The van der Waals surface area contributed by atoms with E-state index in [-0.39, 0.29) is 11.8 Å². The van der Waals surface area contributed by atoms with E-state index in [0.717, 1.165) is 46.9 Å². The van der Waals surface area contributed by atoms with Gasteiger partial charge in [0.1, 0.15) is 5.82 Å². The van der Waals surface area contributed by atoms with Crippen LogP contribution in [0.25, 0.3) is 22.3 Å². The lowest BCUT2D eigenvalue weighted by molar-refractivity contribution is -0.122. The second kappa shape index (κ2) is 7.19. The maximum absolute atomic E-state index is 12.7. The number of carbonyl (C=O) groups is 1. The second-order valence-corrected chi connectivity index (χ2v) is 7.38. The number of nitrogens with zero attached hydrogens (tertiary/aromatic N) is 5. The molecule has 1 saturated heterocycles. The first-order chi connectivity index (χ1) is 13.0. The van der Waals surface area contributed by atoms with Crippen LogP contribution in [0.4, 0.5) is 0 Å². The molecule has 1 fully saturated rings. The number of hydrogen-bond donors (Lipinski definition) is 0. The molecule has 4 rings (SSSR count). The van der Waals surface area contributed by atoms with Crippen LogP contribution in [-0.2, 0) is 18.3 Å². The van der Waals surface area contributed by atoms with Crippen LogP contribution >= 0.6 is 0 Å². The van der Waals surface area contributed by atoms with Crippen molar-refractivity contribution in [3.8, 4) is 11.4 Å². The minimum absolute atomic E-state index is 0.0401. The van der Waals surface area contributed by atoms with E-state index in [1.807, 2.05) is 56.1 Å². The molecule has 1 aliphatic heterocycles. The van der Waals surface area contributed by atoms with Gasteiger partial charge in [-0.05, 0) is 58.0 Å². The molecule has 0 N–H and O–H groups in total. The summed E-state index contributed by atoms with van der Waals surface area (Å²) in [5.74, 6) is 1.17. The SMILES string of the molecule is Cc1ncc(-c2ccc3cnc(CC(=O)C(C)N4CCCC4)cc3n2)n1C. The average molecular weight is 363 g/mol. The summed E-state index contributed by atoms with van der Waals surface area (Å²) in [4.78, 5) is 28.5. The van der Waals surface area contributed by atoms with Gasteiger partial charge in [-0.2, -0.15) is 0 Å². The van der Waals surface area contributed by atoms with Gasteiger partial charge in [0.05, 0.1) is 35.6 Å². The summed E-state index contributed by atoms with van der Waals surface area (Å²) < 4.78 is 2.03. The number of aryl methyl sites for hydroxylation is 1. The molecule has 0 aromatic carbocycles. The number of fused-ring (bicyclic) bond motifs is 1. The lowest BCUT2D eigenvalue weighted by Crippen LogP contribution is -2.37. The molecule has 1 atom stereocenters. The van der Waals surface area contributed by atoms with Gasteiger partial charge < -0.3 is 4.57 Å². The van der Waals surface area contributed by atoms with Crippen molar-refractivity contribution in [1.82, 2.24) is 24.4 Å². The Labute approximate surface area is 159 Å². The van der Waals surface area contributed by atoms with E-state index >= 15 is 0 Å². The molecule has 0 saturated carbocycles. The number of ketones is 1. The van der Waals surface area contributed by atoms with Crippen LogP contribution in [0.2, 0.25) is 0 Å². The summed E-state index contributed by atoms with van der Waals surface area (Å²) in [7, 11) is 1.99. The molecule has 0 radical (unpaired) electrons. The van der Waals surface area contributed by atoms with Crippen molar-refractivity contribution < 1.29 is 4.79 Å². The predicted octanol–water partition coefficient (Wildman–Crippen LogP) is 2.93. The molecule has 3 aromatic rings. The molecular weight excluding hydrogens is 338 g/mol. The van der Waals surface area contributed by atoms with Crippen LogP contribution in [0.3, 0.4) is 0 Å². The van der Waals surface area contributed by atoms with E-state index in [9.17, 15) is 4.79 Å². The van der Waals surface area contributed by atoms with Crippen LogP contribution in [0, 0.1) is 6.92 Å². The molecule has 6 heteroatoms. The van der Waals surface area contributed by atoms with Crippen LogP contribution < -0.4 is 0 Å². The quantitative estimate of drug-likeness (QED) is 0.697. The molecule has 0 bridgehead atoms. The lowest BCUT2D eigenvalue weighted by atomic mass is 10.1. The smallest absolute Gasteiger partial charge is 0.155 e. The molecule has 6 nitrogen and oxygen atoms in total. The molecule has 1 unspecified atom stereocenters. The zero-order valence-corrected chi connectivity index (χ0v) is 16.1. The van der Waals surface area contributed by atoms with Crippen LogP contribution in [0.15, 0.2) is 30.6 Å². The minimum atomic E-state index is -0.0401. The van der Waals surface area contributed by atoms with E-state index < -0.39 is 0 Å². The van der Waals surface area contributed by atoms with E-state index in [1.165, 1.54) is 12.8 Å². The Morgan fingerprint density at radius 3 is 2.67 bits per heavy atom. The van der Waals surface area contributed by atoms with Crippen molar-refractivity contribution >= 4 is 16.7 Å². The first-order valence-electron chi connectivity index (χ1n) is 9.54. The molecule has 3 aromatic heterocycles. The topological polar surface area (TPSA) is 63.9 Å². The number of aromatic nitrogens is 4. The van der Waals surface area contributed by atoms with Crippen molar-refractivity contribution in [2.75, 3.05) is 13.1 Å². The Balaban J connectivity index is 1.59. The first kappa shape index (κ1) is 17.8. The molecular formula is C21H25N5O. The largest absolute Gasteiger partial charge is 0.330 e. The number of carbonyl (C=O) groups excluding carboxylic acids is 1. The van der Waals surface area contributed by atoms with E-state index in [1.54, 1.807) is 0 Å². The molecule has 4 heterocycles. The predicted molar refractivity (Wildman–Crippen MR) is 105 cm³/mol. The molecule has 0 amide bonds. The summed E-state index contributed by atoms with van der Waals surface area (Å²) in [5, 5.41) is 0.974. The zero-order chi connectivity index (χ0) is 19.0. The fraction of sp³-hybridized carbons (Fsp3) is 0.429. The zero-order valence-electron chi connectivity index (χ0n) is 16.1. The minimum Gasteiger partial charge on any atom is -0.330 e. The second-order valence-electron chi connectivity index (χ2n) is 7.38. The van der Waals surface area contributed by atoms with Gasteiger partial charge in [0.25, 0.3) is 0 Å². The van der Waals surface area contributed by atoms with Crippen molar-refractivity contribution in [2.24, 2.45) is 7.05 Å². The number of imidazole rings is 1. The van der Waals surface area contributed by atoms with Crippen LogP contribution in [-0.4, -0.2) is 49.3 Å². The Morgan fingerprint density at radius 2 is 1.96 bits per heavy atom. The fourth-order valence-corrected chi connectivity index (χ4v) is 3.70. The van der Waals surface area contributed by atoms with Gasteiger partial charge in [-0.1, -0.05) is 0 Å². The van der Waals surface area contributed by atoms with Gasteiger partial charge in [0, 0.05) is 24.3 Å². The Morgan fingerprint density at radius 1 is 1.19 bits per heavy atom. The number of rotatable bonds is 5. The van der Waals surface area contributed by atoms with E-state index in [0.29, 0.717) is 6.42 Å². The lowest BCUT2D eigenvalue weighted by Gasteiger charge is -2.22. The molecule has 1 aliphatic rings. The van der Waals surface area contributed by atoms with Gasteiger partial charge in [0.2, 0.25) is 0 Å². The highest BCUT2D eigenvalue weighted by Gasteiger charge is 2.24. The van der Waals surface area contributed by atoms with Gasteiger partial charge in [-0.25, -0.2) is 9.97 Å². The number of pyridine rings is 2. The highest BCUT2D eigenvalue weighted by molar-refractivity contribution is 5.87. The third-order valence-electron chi connectivity index (χ3n) is 5.62. The highest BCUT2D eigenvalue weighted by Crippen LogP contribution is 2.22.